The van der Waals surface area contributed by atoms with Crippen LogP contribution in [-0.2, 0) is 4.74 Å². The number of hydrogen-bond donors (Lipinski definition) is 1. The first-order chi connectivity index (χ1) is 7.98. The fourth-order valence-corrected chi connectivity index (χ4v) is 1.93. The van der Waals surface area contributed by atoms with Gasteiger partial charge in [0.1, 0.15) is 11.6 Å². The molecule has 4 heteroatoms. The van der Waals surface area contributed by atoms with Crippen LogP contribution in [0.25, 0.3) is 0 Å². The van der Waals surface area contributed by atoms with E-state index in [1.54, 1.807) is 0 Å². The lowest BCUT2D eigenvalue weighted by Gasteiger charge is -2.23. The molecule has 1 aliphatic heterocycles. The van der Waals surface area contributed by atoms with Gasteiger partial charge in [-0.3, -0.25) is 0 Å². The molecule has 1 saturated heterocycles. The van der Waals surface area contributed by atoms with Gasteiger partial charge in [-0.1, -0.05) is 0 Å². The van der Waals surface area contributed by atoms with Crippen molar-refractivity contribution in [3.05, 3.63) is 35.4 Å². The van der Waals surface area contributed by atoms with E-state index in [1.807, 2.05) is 0 Å². The van der Waals surface area contributed by atoms with E-state index in [1.165, 1.54) is 6.07 Å². The zero-order chi connectivity index (χ0) is 12.5. The molecule has 0 amide bonds. The van der Waals surface area contributed by atoms with Crippen LogP contribution in [0.1, 0.15) is 31.9 Å². The Morgan fingerprint density at radius 1 is 1.35 bits per heavy atom. The highest BCUT2D eigenvalue weighted by Crippen LogP contribution is 2.25. The molecule has 2 nitrogen and oxygen atoms in total. The Morgan fingerprint density at radius 3 is 2.88 bits per heavy atom. The summed E-state index contributed by atoms with van der Waals surface area (Å²) in [6.07, 6.45) is 0.424. The van der Waals surface area contributed by atoms with Gasteiger partial charge in [0.2, 0.25) is 0 Å². The standard InChI is InChI=1S/C13H17F2NO/c1-13(2)5-6-17-12(8-16-13)10-7-9(14)3-4-11(10)15/h3-4,7,12,16H,5-6,8H2,1-2H3. The van der Waals surface area contributed by atoms with Gasteiger partial charge in [-0.05, 0) is 38.5 Å². The van der Waals surface area contributed by atoms with E-state index in [0.717, 1.165) is 18.6 Å². The predicted molar refractivity (Wildman–Crippen MR) is 61.7 cm³/mol. The van der Waals surface area contributed by atoms with Crippen molar-refractivity contribution in [1.82, 2.24) is 5.32 Å². The van der Waals surface area contributed by atoms with Crippen molar-refractivity contribution >= 4 is 0 Å². The molecule has 1 unspecified atom stereocenters. The molecule has 1 heterocycles. The number of halogens is 2. The molecule has 2 rings (SSSR count). The Balaban J connectivity index is 2.19. The molecule has 0 spiro atoms. The van der Waals surface area contributed by atoms with Gasteiger partial charge >= 0.3 is 0 Å². The molecular formula is C13H17F2NO. The Bertz CT molecular complexity index is 406. The molecule has 1 aromatic carbocycles. The summed E-state index contributed by atoms with van der Waals surface area (Å²) in [5.74, 6) is -0.855. The fourth-order valence-electron chi connectivity index (χ4n) is 1.93. The number of rotatable bonds is 1. The monoisotopic (exact) mass is 241 g/mol. The van der Waals surface area contributed by atoms with E-state index in [0.29, 0.717) is 13.2 Å². The zero-order valence-electron chi connectivity index (χ0n) is 10.1. The van der Waals surface area contributed by atoms with E-state index in [-0.39, 0.29) is 11.1 Å². The molecule has 1 N–H and O–H groups in total. The van der Waals surface area contributed by atoms with Gasteiger partial charge < -0.3 is 10.1 Å². The Hall–Kier alpha value is -1.00. The molecule has 0 saturated carbocycles. The van der Waals surface area contributed by atoms with Crippen LogP contribution in [0.4, 0.5) is 8.78 Å². The smallest absolute Gasteiger partial charge is 0.129 e. The SMILES string of the molecule is CC1(C)CCOC(c2cc(F)ccc2F)CN1. The van der Waals surface area contributed by atoms with Gasteiger partial charge in [0.15, 0.2) is 0 Å². The van der Waals surface area contributed by atoms with E-state index in [2.05, 4.69) is 19.2 Å². The quantitative estimate of drug-likeness (QED) is 0.816. The van der Waals surface area contributed by atoms with E-state index >= 15 is 0 Å². The lowest BCUT2D eigenvalue weighted by Crippen LogP contribution is -2.39. The summed E-state index contributed by atoms with van der Waals surface area (Å²) in [5.41, 5.74) is 0.258. The average Bonchev–Trinajstić information content (AvgIpc) is 2.43. The Kier molecular flexibility index (Phi) is 3.45. The normalized spacial score (nSPS) is 24.4. The van der Waals surface area contributed by atoms with Crippen molar-refractivity contribution in [3.63, 3.8) is 0 Å². The van der Waals surface area contributed by atoms with Gasteiger partial charge in [0.05, 0.1) is 6.10 Å². The minimum absolute atomic E-state index is 0.0292. The van der Waals surface area contributed by atoms with Crippen LogP contribution in [-0.4, -0.2) is 18.7 Å². The molecule has 0 aromatic heterocycles. The summed E-state index contributed by atoms with van der Waals surface area (Å²) in [7, 11) is 0. The second-order valence-electron chi connectivity index (χ2n) is 5.04. The molecule has 1 atom stereocenters. The highest BCUT2D eigenvalue weighted by molar-refractivity contribution is 5.22. The first-order valence-corrected chi connectivity index (χ1v) is 5.79. The topological polar surface area (TPSA) is 21.3 Å². The molecule has 1 aliphatic rings. The van der Waals surface area contributed by atoms with E-state index in [4.69, 9.17) is 4.74 Å². The van der Waals surface area contributed by atoms with Gasteiger partial charge in [-0.25, -0.2) is 8.78 Å². The zero-order valence-corrected chi connectivity index (χ0v) is 10.1. The second-order valence-corrected chi connectivity index (χ2v) is 5.04. The minimum Gasteiger partial charge on any atom is -0.372 e. The average molecular weight is 241 g/mol. The van der Waals surface area contributed by atoms with Crippen molar-refractivity contribution in [3.8, 4) is 0 Å². The second kappa shape index (κ2) is 4.70. The number of benzene rings is 1. The number of ether oxygens (including phenoxy) is 1. The first kappa shape index (κ1) is 12.5. The molecule has 0 bridgehead atoms. The van der Waals surface area contributed by atoms with Crippen molar-refractivity contribution in [2.24, 2.45) is 0 Å². The maximum Gasteiger partial charge on any atom is 0.129 e. The highest BCUT2D eigenvalue weighted by atomic mass is 19.1. The van der Waals surface area contributed by atoms with Crippen molar-refractivity contribution in [2.75, 3.05) is 13.2 Å². The lowest BCUT2D eigenvalue weighted by atomic mass is 10.0. The lowest BCUT2D eigenvalue weighted by molar-refractivity contribution is 0.0629. The van der Waals surface area contributed by atoms with Crippen molar-refractivity contribution in [1.29, 1.82) is 0 Å². The molecule has 1 fully saturated rings. The Morgan fingerprint density at radius 2 is 2.12 bits per heavy atom. The summed E-state index contributed by atoms with van der Waals surface area (Å²) >= 11 is 0. The number of nitrogens with one attached hydrogen (secondary N) is 1. The van der Waals surface area contributed by atoms with Gasteiger partial charge in [-0.2, -0.15) is 0 Å². The molecule has 0 radical (unpaired) electrons. The van der Waals surface area contributed by atoms with Crippen LogP contribution in [0, 0.1) is 11.6 Å². The molecule has 1 aromatic rings. The molecule has 0 aliphatic carbocycles. The summed E-state index contributed by atoms with van der Waals surface area (Å²) in [4.78, 5) is 0. The minimum atomic E-state index is -0.437. The van der Waals surface area contributed by atoms with E-state index in [9.17, 15) is 8.78 Å². The third kappa shape index (κ3) is 3.01. The summed E-state index contributed by atoms with van der Waals surface area (Å²) in [6.45, 7) is 5.18. The largest absolute Gasteiger partial charge is 0.372 e. The van der Waals surface area contributed by atoms with Gasteiger partial charge in [-0.15, -0.1) is 0 Å². The van der Waals surface area contributed by atoms with Crippen LogP contribution in [0.5, 0.6) is 0 Å². The molecular weight excluding hydrogens is 224 g/mol. The predicted octanol–water partition coefficient (Wildman–Crippen LogP) is 2.79. The van der Waals surface area contributed by atoms with Crippen molar-refractivity contribution in [2.45, 2.75) is 31.9 Å². The van der Waals surface area contributed by atoms with Crippen molar-refractivity contribution < 1.29 is 13.5 Å². The summed E-state index contributed by atoms with van der Waals surface area (Å²) < 4.78 is 32.3. The number of hydrogen-bond acceptors (Lipinski definition) is 2. The fraction of sp³-hybridized carbons (Fsp3) is 0.538. The molecule has 17 heavy (non-hydrogen) atoms. The third-order valence-corrected chi connectivity index (χ3v) is 3.12. The van der Waals surface area contributed by atoms with Gasteiger partial charge in [0, 0.05) is 24.3 Å². The van der Waals surface area contributed by atoms with E-state index < -0.39 is 17.7 Å². The van der Waals surface area contributed by atoms with Crippen LogP contribution in [0.3, 0.4) is 0 Å². The van der Waals surface area contributed by atoms with Crippen LogP contribution in [0.15, 0.2) is 18.2 Å². The maximum atomic E-state index is 13.6. The highest BCUT2D eigenvalue weighted by Gasteiger charge is 2.26. The molecule has 94 valence electrons. The van der Waals surface area contributed by atoms with Crippen LogP contribution < -0.4 is 5.32 Å². The van der Waals surface area contributed by atoms with Crippen LogP contribution in [0.2, 0.25) is 0 Å². The first-order valence-electron chi connectivity index (χ1n) is 5.79. The van der Waals surface area contributed by atoms with Gasteiger partial charge in [0.25, 0.3) is 0 Å². The third-order valence-electron chi connectivity index (χ3n) is 3.12. The Labute approximate surface area is 100.0 Å². The summed E-state index contributed by atoms with van der Waals surface area (Å²) in [6, 6.07) is 3.47. The maximum absolute atomic E-state index is 13.6. The van der Waals surface area contributed by atoms with Crippen LogP contribution >= 0.6 is 0 Å². The summed E-state index contributed by atoms with van der Waals surface area (Å²) in [5, 5.41) is 3.30.